The molecule has 1 aromatic heterocycles. The van der Waals surface area contributed by atoms with Gasteiger partial charge in [0.05, 0.1) is 47.6 Å². The van der Waals surface area contributed by atoms with Crippen molar-refractivity contribution in [2.45, 2.75) is 64.9 Å². The first-order valence-electron chi connectivity index (χ1n) is 11.8. The van der Waals surface area contributed by atoms with Gasteiger partial charge in [-0.05, 0) is 53.2 Å². The van der Waals surface area contributed by atoms with E-state index >= 15 is 8.78 Å². The van der Waals surface area contributed by atoms with Gasteiger partial charge in [0, 0.05) is 11.8 Å². The average molecular weight is 605 g/mol. The molecule has 15 heteroatoms. The number of carbonyl (C=O) groups is 2. The third kappa shape index (κ3) is 7.68. The van der Waals surface area contributed by atoms with Gasteiger partial charge in [-0.2, -0.15) is 22.0 Å². The second-order valence-electron chi connectivity index (χ2n) is 9.06. The highest BCUT2D eigenvalue weighted by molar-refractivity contribution is 7.55. The van der Waals surface area contributed by atoms with Crippen LogP contribution in [0.25, 0.3) is 10.1 Å². The summed E-state index contributed by atoms with van der Waals surface area (Å²) in [5, 5.41) is -0.784. The first-order valence-corrected chi connectivity index (χ1v) is 14.2. The van der Waals surface area contributed by atoms with E-state index in [1.807, 2.05) is 0 Å². The van der Waals surface area contributed by atoms with E-state index in [9.17, 15) is 27.3 Å². The van der Waals surface area contributed by atoms with Crippen molar-refractivity contribution in [3.05, 3.63) is 28.1 Å². The summed E-state index contributed by atoms with van der Waals surface area (Å²) in [4.78, 5) is 22.5. The Morgan fingerprint density at radius 3 is 2.08 bits per heavy atom. The monoisotopic (exact) mass is 604 g/mol. The summed E-state index contributed by atoms with van der Waals surface area (Å²) in [6, 6.07) is 1.84. The number of alkyl halides is 5. The molecule has 0 aliphatic carbocycles. The molecule has 0 radical (unpaired) electrons. The Bertz CT molecular complexity index is 1230. The van der Waals surface area contributed by atoms with E-state index < -0.39 is 71.6 Å². The molecule has 2 rings (SSSR count). The molecule has 0 aliphatic rings. The fourth-order valence-electron chi connectivity index (χ4n) is 3.39. The van der Waals surface area contributed by atoms with Crippen LogP contribution in [-0.4, -0.2) is 44.5 Å². The number of halogens is 5. The minimum Gasteiger partial charge on any atom is -0.492 e. The zero-order valence-electron chi connectivity index (χ0n) is 22.2. The van der Waals surface area contributed by atoms with Crippen molar-refractivity contribution in [1.82, 2.24) is 0 Å². The molecule has 0 saturated heterocycles. The van der Waals surface area contributed by atoms with E-state index in [0.29, 0.717) is 0 Å². The standard InChI is InChI=1S/C24H30F5O8PS/c1-7-35-38(32,36-8-2)24(28,29)20-18(23(25,26)27)15-12-14(21(31)37-22(3,4)5)13-16(19(15)39-20)34-11-9-10-17(30)33-6/h12-13H,7-11H2,1-6H3. The Balaban J connectivity index is 2.83. The smallest absolute Gasteiger partial charge is 0.418 e. The molecule has 1 heterocycles. The third-order valence-corrected chi connectivity index (χ3v) is 8.45. The van der Waals surface area contributed by atoms with Gasteiger partial charge >= 0.3 is 31.4 Å². The summed E-state index contributed by atoms with van der Waals surface area (Å²) >= 11 is -0.00563. The number of hydrogen-bond acceptors (Lipinski definition) is 9. The van der Waals surface area contributed by atoms with Crippen LogP contribution >= 0.6 is 18.9 Å². The number of benzene rings is 1. The number of methoxy groups -OCH3 is 1. The van der Waals surface area contributed by atoms with Gasteiger partial charge in [-0.25, -0.2) is 4.79 Å². The van der Waals surface area contributed by atoms with Crippen LogP contribution in [0.5, 0.6) is 5.75 Å². The van der Waals surface area contributed by atoms with E-state index in [4.69, 9.17) is 9.47 Å². The summed E-state index contributed by atoms with van der Waals surface area (Å²) in [6.07, 6.45) is -5.37. The van der Waals surface area contributed by atoms with Gasteiger partial charge in [-0.15, -0.1) is 11.3 Å². The molecule has 0 atom stereocenters. The van der Waals surface area contributed by atoms with E-state index in [1.165, 1.54) is 41.7 Å². The normalized spacial score (nSPS) is 13.0. The average Bonchev–Trinajstić information content (AvgIpc) is 3.21. The van der Waals surface area contributed by atoms with Crippen molar-refractivity contribution >= 4 is 41.0 Å². The maximum absolute atomic E-state index is 15.7. The van der Waals surface area contributed by atoms with Gasteiger partial charge in [0.1, 0.15) is 11.4 Å². The molecule has 0 fully saturated rings. The van der Waals surface area contributed by atoms with Gasteiger partial charge in [0.2, 0.25) is 0 Å². The number of carbonyl (C=O) groups excluding carboxylic acids is 2. The summed E-state index contributed by atoms with van der Waals surface area (Å²) in [6.45, 7) is 5.84. The summed E-state index contributed by atoms with van der Waals surface area (Å²) in [5.41, 5.74) is -7.93. The molecule has 0 saturated carbocycles. The van der Waals surface area contributed by atoms with E-state index in [2.05, 4.69) is 13.8 Å². The number of thiophene rings is 1. The number of ether oxygens (including phenoxy) is 3. The molecule has 2 aromatic rings. The Labute approximate surface area is 226 Å². The lowest BCUT2D eigenvalue weighted by Crippen LogP contribution is -2.24. The van der Waals surface area contributed by atoms with Crippen molar-refractivity contribution in [1.29, 1.82) is 0 Å². The van der Waals surface area contributed by atoms with Crippen molar-refractivity contribution in [2.75, 3.05) is 26.9 Å². The van der Waals surface area contributed by atoms with Gasteiger partial charge in [-0.3, -0.25) is 9.36 Å². The predicted molar refractivity (Wildman–Crippen MR) is 133 cm³/mol. The lowest BCUT2D eigenvalue weighted by atomic mass is 10.1. The van der Waals surface area contributed by atoms with Crippen molar-refractivity contribution in [2.24, 2.45) is 0 Å². The molecular weight excluding hydrogens is 574 g/mol. The maximum atomic E-state index is 15.7. The number of hydrogen-bond donors (Lipinski definition) is 0. The highest BCUT2D eigenvalue weighted by Crippen LogP contribution is 2.69. The zero-order valence-corrected chi connectivity index (χ0v) is 23.9. The minimum atomic E-state index is -5.42. The lowest BCUT2D eigenvalue weighted by Gasteiger charge is -2.26. The zero-order chi connectivity index (χ0) is 29.8. The van der Waals surface area contributed by atoms with Crippen LogP contribution in [-0.2, 0) is 39.7 Å². The number of rotatable bonds is 12. The van der Waals surface area contributed by atoms with E-state index in [0.717, 1.165) is 12.1 Å². The Kier molecular flexibility index (Phi) is 10.5. The molecule has 0 amide bonds. The Morgan fingerprint density at radius 1 is 1.00 bits per heavy atom. The van der Waals surface area contributed by atoms with E-state index in [-0.39, 0.29) is 41.2 Å². The Morgan fingerprint density at radius 2 is 1.59 bits per heavy atom. The SMILES string of the molecule is CCOP(=O)(OCC)C(F)(F)c1sc2c(OCCCC(=O)OC)cc(C(=O)OC(C)(C)C)cc2c1C(F)(F)F. The molecule has 39 heavy (non-hydrogen) atoms. The van der Waals surface area contributed by atoms with Gasteiger partial charge < -0.3 is 23.3 Å². The molecule has 0 bridgehead atoms. The van der Waals surface area contributed by atoms with Crippen LogP contribution < -0.4 is 4.74 Å². The van der Waals surface area contributed by atoms with Gasteiger partial charge in [0.15, 0.2) is 0 Å². The first-order chi connectivity index (χ1) is 17.9. The van der Waals surface area contributed by atoms with E-state index in [1.54, 1.807) is 0 Å². The molecule has 0 spiro atoms. The quantitative estimate of drug-likeness (QED) is 0.106. The van der Waals surface area contributed by atoms with Gasteiger partial charge in [-0.1, -0.05) is 0 Å². The Hall–Kier alpha value is -2.28. The number of fused-ring (bicyclic) bond motifs is 1. The van der Waals surface area contributed by atoms with Crippen LogP contribution in [0.1, 0.15) is 68.3 Å². The molecule has 0 unspecified atom stereocenters. The fraction of sp³-hybridized carbons (Fsp3) is 0.583. The largest absolute Gasteiger partial charge is 0.492 e. The predicted octanol–water partition coefficient (Wildman–Crippen LogP) is 7.52. The second kappa shape index (κ2) is 12.5. The molecular formula is C24H30F5O8PS. The van der Waals surface area contributed by atoms with Crippen LogP contribution in [0.15, 0.2) is 12.1 Å². The third-order valence-electron chi connectivity index (χ3n) is 4.90. The van der Waals surface area contributed by atoms with Gasteiger partial charge in [0.25, 0.3) is 0 Å². The first kappa shape index (κ1) is 32.9. The summed E-state index contributed by atoms with van der Waals surface area (Å²) in [5.74, 6) is -1.92. The molecule has 0 aliphatic heterocycles. The van der Waals surface area contributed by atoms with Crippen molar-refractivity contribution in [3.8, 4) is 5.75 Å². The topological polar surface area (TPSA) is 97.4 Å². The maximum Gasteiger partial charge on any atom is 0.418 e. The highest BCUT2D eigenvalue weighted by atomic mass is 32.1. The van der Waals surface area contributed by atoms with Crippen molar-refractivity contribution in [3.63, 3.8) is 0 Å². The molecule has 220 valence electrons. The lowest BCUT2D eigenvalue weighted by molar-refractivity contribution is -0.141. The second-order valence-corrected chi connectivity index (χ2v) is 12.2. The molecule has 1 aromatic carbocycles. The van der Waals surface area contributed by atoms with Crippen LogP contribution in [0.3, 0.4) is 0 Å². The molecule has 0 N–H and O–H groups in total. The van der Waals surface area contributed by atoms with Crippen molar-refractivity contribution < 1.29 is 59.4 Å². The number of esters is 2. The highest BCUT2D eigenvalue weighted by Gasteiger charge is 2.59. The fourth-order valence-corrected chi connectivity index (χ4v) is 6.44. The minimum absolute atomic E-state index is 0.00563. The van der Waals surface area contributed by atoms with Crippen LogP contribution in [0.2, 0.25) is 0 Å². The summed E-state index contributed by atoms with van der Waals surface area (Å²) in [7, 11) is -4.24. The summed E-state index contributed by atoms with van der Waals surface area (Å²) < 4.78 is 112. The molecule has 8 nitrogen and oxygen atoms in total. The van der Waals surface area contributed by atoms with Crippen LogP contribution in [0.4, 0.5) is 22.0 Å². The van der Waals surface area contributed by atoms with Crippen LogP contribution in [0, 0.1) is 0 Å².